The van der Waals surface area contributed by atoms with Crippen LogP contribution in [0.15, 0.2) is 0 Å². The largest absolute Gasteiger partial charge is 0.331 e. The van der Waals surface area contributed by atoms with E-state index in [-0.39, 0.29) is 6.04 Å². The Morgan fingerprint density at radius 1 is 1.44 bits per heavy atom. The second-order valence-electron chi connectivity index (χ2n) is 3.74. The van der Waals surface area contributed by atoms with E-state index in [1.807, 2.05) is 13.2 Å². The van der Waals surface area contributed by atoms with E-state index in [0.717, 1.165) is 0 Å². The number of hydrogen-bond acceptors (Lipinski definition) is 4. The lowest BCUT2D eigenvalue weighted by Crippen LogP contribution is -2.60. The number of hydrogen-bond donors (Lipinski definition) is 1. The Kier molecular flexibility index (Phi) is 4.35. The molecule has 1 saturated heterocycles. The van der Waals surface area contributed by atoms with Gasteiger partial charge in [-0.3, -0.25) is 19.8 Å². The van der Waals surface area contributed by atoms with Crippen LogP contribution in [0.2, 0.25) is 0 Å². The van der Waals surface area contributed by atoms with E-state index in [1.165, 1.54) is 11.8 Å². The number of carbonyl (C=O) groups is 3. The number of urea groups is 1. The molecule has 0 spiro atoms. The number of barbiturate groups is 1. The third kappa shape index (κ3) is 2.37. The molecule has 16 heavy (non-hydrogen) atoms. The van der Waals surface area contributed by atoms with Gasteiger partial charge in [0.25, 0.3) is 0 Å². The van der Waals surface area contributed by atoms with Gasteiger partial charge in [0.15, 0.2) is 0 Å². The molecule has 1 rings (SSSR count). The van der Waals surface area contributed by atoms with Gasteiger partial charge in [-0.2, -0.15) is 11.8 Å². The van der Waals surface area contributed by atoms with Crippen LogP contribution in [-0.4, -0.2) is 40.8 Å². The molecule has 1 N–H and O–H groups in total. The monoisotopic (exact) mass is 244 g/mol. The number of nitrogens with one attached hydrogen (secondary N) is 1. The summed E-state index contributed by atoms with van der Waals surface area (Å²) >= 11 is 1.58. The smallest absolute Gasteiger partial charge is 0.277 e. The van der Waals surface area contributed by atoms with Crippen LogP contribution in [0, 0.1) is 5.92 Å². The number of nitrogens with zero attached hydrogens (tertiary/aromatic N) is 1. The molecule has 1 aliphatic rings. The fourth-order valence-electron chi connectivity index (χ4n) is 1.61. The zero-order valence-electron chi connectivity index (χ0n) is 9.65. The molecule has 2 atom stereocenters. The van der Waals surface area contributed by atoms with Crippen LogP contribution in [0.4, 0.5) is 4.79 Å². The topological polar surface area (TPSA) is 66.5 Å². The van der Waals surface area contributed by atoms with Crippen molar-refractivity contribution in [1.29, 1.82) is 0 Å². The van der Waals surface area contributed by atoms with Crippen molar-refractivity contribution in [3.63, 3.8) is 0 Å². The molecule has 0 saturated carbocycles. The molecule has 1 fully saturated rings. The SMILES string of the molecule is CCC(CSC)N1C(=O)NC(=O)C(C)C1=O. The van der Waals surface area contributed by atoms with Crippen molar-refractivity contribution in [2.45, 2.75) is 26.3 Å². The Labute approximate surface area is 98.9 Å². The summed E-state index contributed by atoms with van der Waals surface area (Å²) in [6.45, 7) is 3.44. The Balaban J connectivity index is 2.88. The predicted molar refractivity (Wildman–Crippen MR) is 62.0 cm³/mol. The highest BCUT2D eigenvalue weighted by Crippen LogP contribution is 2.17. The molecule has 6 heteroatoms. The standard InChI is InChI=1S/C10H16N2O3S/c1-4-7(5-16-3)12-9(14)6(2)8(13)11-10(12)15/h6-7H,4-5H2,1-3H3,(H,11,13,15). The van der Waals surface area contributed by atoms with E-state index >= 15 is 0 Å². The first kappa shape index (κ1) is 13.0. The van der Waals surface area contributed by atoms with E-state index in [0.29, 0.717) is 12.2 Å². The average molecular weight is 244 g/mol. The number of rotatable bonds is 4. The highest BCUT2D eigenvalue weighted by atomic mass is 32.2. The van der Waals surface area contributed by atoms with Gasteiger partial charge in [0.1, 0.15) is 5.92 Å². The van der Waals surface area contributed by atoms with Gasteiger partial charge in [0.05, 0.1) is 6.04 Å². The van der Waals surface area contributed by atoms with Crippen LogP contribution in [0.3, 0.4) is 0 Å². The summed E-state index contributed by atoms with van der Waals surface area (Å²) in [5.74, 6) is -0.982. The maximum atomic E-state index is 11.9. The highest BCUT2D eigenvalue weighted by molar-refractivity contribution is 7.98. The number of carbonyl (C=O) groups excluding carboxylic acids is 3. The van der Waals surface area contributed by atoms with Crippen molar-refractivity contribution in [3.8, 4) is 0 Å². The van der Waals surface area contributed by atoms with Crippen LogP contribution in [-0.2, 0) is 9.59 Å². The highest BCUT2D eigenvalue weighted by Gasteiger charge is 2.40. The van der Waals surface area contributed by atoms with Crippen LogP contribution >= 0.6 is 11.8 Å². The average Bonchev–Trinajstić information content (AvgIpc) is 2.25. The maximum Gasteiger partial charge on any atom is 0.331 e. The molecular weight excluding hydrogens is 228 g/mol. The molecule has 4 amide bonds. The van der Waals surface area contributed by atoms with E-state index in [9.17, 15) is 14.4 Å². The van der Waals surface area contributed by atoms with Crippen molar-refractivity contribution < 1.29 is 14.4 Å². The molecule has 2 unspecified atom stereocenters. The summed E-state index contributed by atoms with van der Waals surface area (Å²) in [4.78, 5) is 35.9. The quantitative estimate of drug-likeness (QED) is 0.744. The van der Waals surface area contributed by atoms with Gasteiger partial charge in [-0.05, 0) is 19.6 Å². The summed E-state index contributed by atoms with van der Waals surface area (Å²) in [6.07, 6.45) is 2.62. The number of thioether (sulfide) groups is 1. The first-order chi connectivity index (χ1) is 7.52. The van der Waals surface area contributed by atoms with Crippen LogP contribution in [0.1, 0.15) is 20.3 Å². The molecule has 0 radical (unpaired) electrons. The van der Waals surface area contributed by atoms with Crippen molar-refractivity contribution in [2.24, 2.45) is 5.92 Å². The van der Waals surface area contributed by atoms with Gasteiger partial charge in [-0.1, -0.05) is 6.92 Å². The van der Waals surface area contributed by atoms with E-state index in [2.05, 4.69) is 5.32 Å². The minimum Gasteiger partial charge on any atom is -0.277 e. The molecule has 0 aromatic heterocycles. The maximum absolute atomic E-state index is 11.9. The third-order valence-electron chi connectivity index (χ3n) is 2.65. The van der Waals surface area contributed by atoms with Crippen molar-refractivity contribution >= 4 is 29.6 Å². The lowest BCUT2D eigenvalue weighted by Gasteiger charge is -2.34. The lowest BCUT2D eigenvalue weighted by atomic mass is 10.1. The van der Waals surface area contributed by atoms with Crippen molar-refractivity contribution in [1.82, 2.24) is 10.2 Å². The number of imide groups is 2. The zero-order valence-corrected chi connectivity index (χ0v) is 10.5. The van der Waals surface area contributed by atoms with Crippen molar-refractivity contribution in [2.75, 3.05) is 12.0 Å². The first-order valence-corrected chi connectivity index (χ1v) is 6.59. The van der Waals surface area contributed by atoms with E-state index in [1.54, 1.807) is 11.8 Å². The molecule has 1 heterocycles. The summed E-state index contributed by atoms with van der Waals surface area (Å²) < 4.78 is 0. The minimum atomic E-state index is -0.770. The Hall–Kier alpha value is -1.04. The molecule has 0 aromatic rings. The van der Waals surface area contributed by atoms with Gasteiger partial charge in [0, 0.05) is 5.75 Å². The zero-order chi connectivity index (χ0) is 12.3. The molecule has 5 nitrogen and oxygen atoms in total. The van der Waals surface area contributed by atoms with Crippen LogP contribution in [0.5, 0.6) is 0 Å². The molecule has 90 valence electrons. The Bertz CT molecular complexity index is 319. The van der Waals surface area contributed by atoms with E-state index in [4.69, 9.17) is 0 Å². The fraction of sp³-hybridized carbons (Fsp3) is 0.700. The van der Waals surface area contributed by atoms with Gasteiger partial charge < -0.3 is 0 Å². The lowest BCUT2D eigenvalue weighted by molar-refractivity contribution is -0.143. The Morgan fingerprint density at radius 2 is 2.06 bits per heavy atom. The van der Waals surface area contributed by atoms with Crippen molar-refractivity contribution in [3.05, 3.63) is 0 Å². The van der Waals surface area contributed by atoms with Crippen LogP contribution in [0.25, 0.3) is 0 Å². The molecular formula is C10H16N2O3S. The second kappa shape index (κ2) is 5.34. The van der Waals surface area contributed by atoms with Gasteiger partial charge in [-0.15, -0.1) is 0 Å². The van der Waals surface area contributed by atoms with Gasteiger partial charge in [-0.25, -0.2) is 4.79 Å². The molecule has 0 aromatic carbocycles. The normalized spacial score (nSPS) is 23.3. The van der Waals surface area contributed by atoms with E-state index < -0.39 is 23.8 Å². The second-order valence-corrected chi connectivity index (χ2v) is 4.65. The molecule has 0 aliphatic carbocycles. The Morgan fingerprint density at radius 3 is 2.56 bits per heavy atom. The van der Waals surface area contributed by atoms with Crippen LogP contribution < -0.4 is 5.32 Å². The number of amides is 4. The third-order valence-corrected chi connectivity index (χ3v) is 3.36. The summed E-state index contributed by atoms with van der Waals surface area (Å²) in [7, 11) is 0. The molecule has 1 aliphatic heterocycles. The van der Waals surface area contributed by atoms with Gasteiger partial charge in [0.2, 0.25) is 11.8 Å². The summed E-state index contributed by atoms with van der Waals surface area (Å²) in [5, 5.41) is 2.20. The summed E-state index contributed by atoms with van der Waals surface area (Å²) in [5.41, 5.74) is 0. The predicted octanol–water partition coefficient (Wildman–Crippen LogP) is 0.843. The minimum absolute atomic E-state index is 0.141. The summed E-state index contributed by atoms with van der Waals surface area (Å²) in [6, 6.07) is -0.730. The first-order valence-electron chi connectivity index (χ1n) is 5.19. The van der Waals surface area contributed by atoms with Gasteiger partial charge >= 0.3 is 6.03 Å². The molecule has 0 bridgehead atoms. The fourth-order valence-corrected chi connectivity index (χ4v) is 2.38.